The molecule has 4 rings (SSSR count). The number of nitrogens with zero attached hydrogens (tertiary/aromatic N) is 2. The van der Waals surface area contributed by atoms with E-state index in [2.05, 4.69) is 10.3 Å². The van der Waals surface area contributed by atoms with Crippen LogP contribution in [0.4, 0.5) is 5.69 Å². The molecule has 0 bridgehead atoms. The molecule has 0 aliphatic carbocycles. The van der Waals surface area contributed by atoms with E-state index in [4.69, 9.17) is 9.47 Å². The van der Waals surface area contributed by atoms with E-state index in [1.807, 2.05) is 13.0 Å². The van der Waals surface area contributed by atoms with Gasteiger partial charge in [-0.3, -0.25) is 14.2 Å². The molecule has 1 aliphatic heterocycles. The van der Waals surface area contributed by atoms with E-state index in [1.54, 1.807) is 36.4 Å². The van der Waals surface area contributed by atoms with E-state index in [-0.39, 0.29) is 11.5 Å². The number of nitrogens with one attached hydrogen (secondary N) is 1. The van der Waals surface area contributed by atoms with Crippen LogP contribution in [0.3, 0.4) is 0 Å². The van der Waals surface area contributed by atoms with Crippen LogP contribution in [-0.4, -0.2) is 28.7 Å². The lowest BCUT2D eigenvalue weighted by molar-refractivity contribution is -0.119. The third-order valence-corrected chi connectivity index (χ3v) is 4.53. The summed E-state index contributed by atoms with van der Waals surface area (Å²) in [7, 11) is 0. The average molecular weight is 365 g/mol. The highest BCUT2D eigenvalue weighted by Crippen LogP contribution is 2.32. The molecule has 1 aromatic heterocycles. The van der Waals surface area contributed by atoms with Crippen molar-refractivity contribution in [3.63, 3.8) is 0 Å². The van der Waals surface area contributed by atoms with Gasteiger partial charge in [-0.25, -0.2) is 4.98 Å². The fourth-order valence-electron chi connectivity index (χ4n) is 3.16. The minimum absolute atomic E-state index is 0.232. The van der Waals surface area contributed by atoms with Gasteiger partial charge in [0.15, 0.2) is 11.5 Å². The zero-order valence-corrected chi connectivity index (χ0v) is 14.8. The van der Waals surface area contributed by atoms with Gasteiger partial charge in [-0.2, -0.15) is 0 Å². The van der Waals surface area contributed by atoms with Crippen molar-refractivity contribution in [1.29, 1.82) is 0 Å². The number of carbonyl (C=O) groups excluding carboxylic acids is 1. The largest absolute Gasteiger partial charge is 0.486 e. The maximum atomic E-state index is 12.8. The van der Waals surface area contributed by atoms with Crippen molar-refractivity contribution >= 4 is 22.5 Å². The summed E-state index contributed by atoms with van der Waals surface area (Å²) in [5.74, 6) is 0.964. The number of carbonyl (C=O) groups is 1. The number of fused-ring (bicyclic) bond motifs is 2. The number of hydrogen-bond donors (Lipinski definition) is 1. The zero-order chi connectivity index (χ0) is 18.8. The first-order chi connectivity index (χ1) is 13.2. The maximum Gasteiger partial charge on any atom is 0.261 e. The Morgan fingerprint density at radius 1 is 1.19 bits per heavy atom. The van der Waals surface area contributed by atoms with Crippen LogP contribution >= 0.6 is 0 Å². The van der Waals surface area contributed by atoms with Gasteiger partial charge >= 0.3 is 0 Å². The van der Waals surface area contributed by atoms with Gasteiger partial charge in [-0.05, 0) is 30.7 Å². The normalized spacial score (nSPS) is 14.0. The molecule has 1 aliphatic rings. The van der Waals surface area contributed by atoms with Gasteiger partial charge in [0.05, 0.1) is 17.2 Å². The molecule has 27 heavy (non-hydrogen) atoms. The molecule has 0 unspecified atom stereocenters. The van der Waals surface area contributed by atoms with Gasteiger partial charge in [0.2, 0.25) is 5.91 Å². The van der Waals surface area contributed by atoms with E-state index >= 15 is 0 Å². The van der Waals surface area contributed by atoms with Crippen LogP contribution in [-0.2, 0) is 4.79 Å². The second-order valence-corrected chi connectivity index (χ2v) is 6.25. The van der Waals surface area contributed by atoms with E-state index in [0.717, 1.165) is 0 Å². The fraction of sp³-hybridized carbons (Fsp3) is 0.250. The summed E-state index contributed by atoms with van der Waals surface area (Å²) < 4.78 is 12.4. The maximum absolute atomic E-state index is 12.8. The molecule has 1 amide bonds. The molecular weight excluding hydrogens is 346 g/mol. The molecule has 7 nitrogen and oxygen atoms in total. The minimum atomic E-state index is -0.664. The highest BCUT2D eigenvalue weighted by molar-refractivity contribution is 5.94. The predicted octanol–water partition coefficient (Wildman–Crippen LogP) is 2.76. The third-order valence-electron chi connectivity index (χ3n) is 4.53. The van der Waals surface area contributed by atoms with Crippen LogP contribution in [0.2, 0.25) is 0 Å². The van der Waals surface area contributed by atoms with E-state index in [0.29, 0.717) is 47.7 Å². The van der Waals surface area contributed by atoms with Crippen molar-refractivity contribution in [2.24, 2.45) is 0 Å². The Hall–Kier alpha value is -3.35. The van der Waals surface area contributed by atoms with Gasteiger partial charge < -0.3 is 14.8 Å². The number of hydrogen-bond acceptors (Lipinski definition) is 5. The highest BCUT2D eigenvalue weighted by atomic mass is 16.6. The second kappa shape index (κ2) is 7.11. The number of anilines is 1. The first-order valence-corrected chi connectivity index (χ1v) is 8.84. The highest BCUT2D eigenvalue weighted by Gasteiger charge is 2.22. The van der Waals surface area contributed by atoms with Gasteiger partial charge in [0, 0.05) is 11.8 Å². The Labute approximate surface area is 155 Å². The summed E-state index contributed by atoms with van der Waals surface area (Å²) in [5.41, 5.74) is 0.968. The predicted molar refractivity (Wildman–Crippen MR) is 101 cm³/mol. The number of amides is 1. The average Bonchev–Trinajstić information content (AvgIpc) is 2.70. The molecule has 138 valence electrons. The van der Waals surface area contributed by atoms with Gasteiger partial charge in [-0.15, -0.1) is 0 Å². The van der Waals surface area contributed by atoms with Crippen LogP contribution in [0.5, 0.6) is 11.5 Å². The molecule has 0 fully saturated rings. The smallest absolute Gasteiger partial charge is 0.261 e. The number of para-hydroxylation sites is 1. The van der Waals surface area contributed by atoms with Crippen molar-refractivity contribution in [3.05, 3.63) is 59.1 Å². The molecule has 2 aromatic carbocycles. The SMILES string of the molecule is CC[C@@H](C(=O)Nc1ccc2c(c1)OCCO2)n1cnc2ccccc2c1=O. The first kappa shape index (κ1) is 17.1. The molecule has 7 heteroatoms. The summed E-state index contributed by atoms with van der Waals surface area (Å²) in [4.78, 5) is 29.9. The summed E-state index contributed by atoms with van der Waals surface area (Å²) in [6.07, 6.45) is 1.89. The van der Waals surface area contributed by atoms with E-state index in [9.17, 15) is 9.59 Å². The summed E-state index contributed by atoms with van der Waals surface area (Å²) in [6, 6.07) is 11.7. The molecule has 2 heterocycles. The lowest BCUT2D eigenvalue weighted by Crippen LogP contribution is -2.33. The fourth-order valence-corrected chi connectivity index (χ4v) is 3.16. The van der Waals surface area contributed by atoms with Crippen molar-refractivity contribution in [1.82, 2.24) is 9.55 Å². The number of rotatable bonds is 4. The molecule has 3 aromatic rings. The van der Waals surface area contributed by atoms with Crippen LogP contribution in [0, 0.1) is 0 Å². The van der Waals surface area contributed by atoms with Crippen LogP contribution in [0.15, 0.2) is 53.6 Å². The molecule has 1 atom stereocenters. The number of benzene rings is 2. The Morgan fingerprint density at radius 2 is 1.96 bits per heavy atom. The quantitative estimate of drug-likeness (QED) is 0.769. The van der Waals surface area contributed by atoms with E-state index in [1.165, 1.54) is 10.9 Å². The standard InChI is InChI=1S/C20H19N3O4/c1-2-16(23-12-21-15-6-4-3-5-14(15)20(23)25)19(24)22-13-7-8-17-18(11-13)27-10-9-26-17/h3-8,11-12,16H,2,9-10H2,1H3,(H,22,24)/t16-/m0/s1. The van der Waals surface area contributed by atoms with Crippen LogP contribution in [0.1, 0.15) is 19.4 Å². The Kier molecular flexibility index (Phi) is 4.50. The summed E-state index contributed by atoms with van der Waals surface area (Å²) >= 11 is 0. The molecule has 0 radical (unpaired) electrons. The summed E-state index contributed by atoms with van der Waals surface area (Å²) in [5, 5.41) is 3.35. The topological polar surface area (TPSA) is 82.4 Å². The van der Waals surface area contributed by atoms with Crippen molar-refractivity contribution in [2.45, 2.75) is 19.4 Å². The first-order valence-electron chi connectivity index (χ1n) is 8.84. The van der Waals surface area contributed by atoms with Crippen molar-refractivity contribution in [3.8, 4) is 11.5 Å². The molecule has 0 saturated heterocycles. The Balaban J connectivity index is 1.62. The minimum Gasteiger partial charge on any atom is -0.486 e. The van der Waals surface area contributed by atoms with Crippen molar-refractivity contribution < 1.29 is 14.3 Å². The number of aromatic nitrogens is 2. The monoisotopic (exact) mass is 365 g/mol. The summed E-state index contributed by atoms with van der Waals surface area (Å²) in [6.45, 7) is 2.84. The molecular formula is C20H19N3O4. The van der Waals surface area contributed by atoms with Crippen LogP contribution in [0.25, 0.3) is 10.9 Å². The lowest BCUT2D eigenvalue weighted by atomic mass is 10.1. The van der Waals surface area contributed by atoms with Crippen molar-refractivity contribution in [2.75, 3.05) is 18.5 Å². The lowest BCUT2D eigenvalue weighted by Gasteiger charge is -2.20. The zero-order valence-electron chi connectivity index (χ0n) is 14.8. The molecule has 0 spiro atoms. The van der Waals surface area contributed by atoms with Gasteiger partial charge in [-0.1, -0.05) is 19.1 Å². The molecule has 0 saturated carbocycles. The van der Waals surface area contributed by atoms with Crippen LogP contribution < -0.4 is 20.3 Å². The third kappa shape index (κ3) is 3.23. The molecule has 1 N–H and O–H groups in total. The number of ether oxygens (including phenoxy) is 2. The van der Waals surface area contributed by atoms with Gasteiger partial charge in [0.25, 0.3) is 5.56 Å². The Morgan fingerprint density at radius 3 is 2.78 bits per heavy atom. The second-order valence-electron chi connectivity index (χ2n) is 6.25. The Bertz CT molecular complexity index is 1060. The van der Waals surface area contributed by atoms with E-state index < -0.39 is 6.04 Å². The van der Waals surface area contributed by atoms with Gasteiger partial charge in [0.1, 0.15) is 19.3 Å².